The number of nitrogens with two attached hydrogens (primary N) is 1. The Bertz CT molecular complexity index is 251. The number of aromatic nitrogens is 4. The lowest BCUT2D eigenvalue weighted by Gasteiger charge is -2.15. The molecule has 0 aliphatic heterocycles. The summed E-state index contributed by atoms with van der Waals surface area (Å²) in [6.45, 7) is 6.15. The standard InChI is InChI=1S/C8H17N5/c1-4-7(5-2)13-8(6(3)9)10-11-12-13/h6-7H,4-5,9H2,1-3H3. The zero-order chi connectivity index (χ0) is 9.84. The third-order valence-electron chi connectivity index (χ3n) is 2.21. The molecule has 0 radical (unpaired) electrons. The van der Waals surface area contributed by atoms with Gasteiger partial charge in [-0.1, -0.05) is 13.8 Å². The summed E-state index contributed by atoms with van der Waals surface area (Å²) in [6.07, 6.45) is 2.06. The first-order valence-electron chi connectivity index (χ1n) is 4.74. The van der Waals surface area contributed by atoms with Crippen LogP contribution in [0.25, 0.3) is 0 Å². The van der Waals surface area contributed by atoms with Gasteiger partial charge >= 0.3 is 0 Å². The molecule has 0 aliphatic rings. The summed E-state index contributed by atoms with van der Waals surface area (Å²) in [5.74, 6) is 0.772. The Morgan fingerprint density at radius 2 is 2.00 bits per heavy atom. The van der Waals surface area contributed by atoms with Crippen molar-refractivity contribution in [2.75, 3.05) is 0 Å². The summed E-state index contributed by atoms with van der Waals surface area (Å²) in [5, 5.41) is 11.5. The molecular weight excluding hydrogens is 166 g/mol. The molecule has 1 aromatic rings. The first-order chi connectivity index (χ1) is 6.20. The Morgan fingerprint density at radius 3 is 2.46 bits per heavy atom. The highest BCUT2D eigenvalue weighted by Gasteiger charge is 2.16. The van der Waals surface area contributed by atoms with Crippen molar-refractivity contribution >= 4 is 0 Å². The molecular formula is C8H17N5. The van der Waals surface area contributed by atoms with Crippen LogP contribution < -0.4 is 5.73 Å². The molecule has 0 saturated heterocycles. The van der Waals surface area contributed by atoms with Crippen LogP contribution in [-0.4, -0.2) is 20.2 Å². The second-order valence-electron chi connectivity index (χ2n) is 3.24. The smallest absolute Gasteiger partial charge is 0.167 e. The fourth-order valence-corrected chi connectivity index (χ4v) is 1.39. The quantitative estimate of drug-likeness (QED) is 0.757. The van der Waals surface area contributed by atoms with Crippen molar-refractivity contribution in [1.82, 2.24) is 20.2 Å². The Labute approximate surface area is 78.3 Å². The van der Waals surface area contributed by atoms with E-state index in [1.54, 1.807) is 0 Å². The van der Waals surface area contributed by atoms with Crippen LogP contribution in [0, 0.1) is 0 Å². The maximum atomic E-state index is 5.74. The van der Waals surface area contributed by atoms with Gasteiger partial charge in [-0.3, -0.25) is 0 Å². The predicted molar refractivity (Wildman–Crippen MR) is 50.0 cm³/mol. The first-order valence-corrected chi connectivity index (χ1v) is 4.74. The topological polar surface area (TPSA) is 69.6 Å². The molecule has 2 N–H and O–H groups in total. The van der Waals surface area contributed by atoms with E-state index in [2.05, 4.69) is 29.4 Å². The van der Waals surface area contributed by atoms with Gasteiger partial charge in [0.1, 0.15) is 0 Å². The van der Waals surface area contributed by atoms with Crippen LogP contribution >= 0.6 is 0 Å². The number of nitrogens with zero attached hydrogens (tertiary/aromatic N) is 4. The molecule has 0 amide bonds. The lowest BCUT2D eigenvalue weighted by molar-refractivity contribution is 0.397. The molecule has 5 heteroatoms. The zero-order valence-corrected chi connectivity index (χ0v) is 8.44. The summed E-state index contributed by atoms with van der Waals surface area (Å²) in [4.78, 5) is 0. The Hall–Kier alpha value is -0.970. The summed E-state index contributed by atoms with van der Waals surface area (Å²) in [5.41, 5.74) is 5.74. The van der Waals surface area contributed by atoms with Crippen LogP contribution in [-0.2, 0) is 0 Å². The van der Waals surface area contributed by atoms with Gasteiger partial charge in [0, 0.05) is 0 Å². The minimum absolute atomic E-state index is 0.101. The van der Waals surface area contributed by atoms with Gasteiger partial charge in [0.05, 0.1) is 12.1 Å². The van der Waals surface area contributed by atoms with Crippen molar-refractivity contribution in [2.45, 2.75) is 45.7 Å². The van der Waals surface area contributed by atoms with Gasteiger partial charge in [-0.05, 0) is 30.2 Å². The Kier molecular flexibility index (Phi) is 3.36. The normalized spacial score (nSPS) is 13.6. The van der Waals surface area contributed by atoms with E-state index in [0.717, 1.165) is 18.7 Å². The van der Waals surface area contributed by atoms with Crippen LogP contribution in [0.2, 0.25) is 0 Å². The van der Waals surface area contributed by atoms with E-state index in [1.807, 2.05) is 11.6 Å². The highest BCUT2D eigenvalue weighted by atomic mass is 15.6. The molecule has 13 heavy (non-hydrogen) atoms. The van der Waals surface area contributed by atoms with Crippen molar-refractivity contribution in [1.29, 1.82) is 0 Å². The second kappa shape index (κ2) is 4.32. The molecule has 0 aliphatic carbocycles. The predicted octanol–water partition coefficient (Wildman–Crippen LogP) is 1.05. The number of hydrogen-bond acceptors (Lipinski definition) is 4. The molecule has 1 atom stereocenters. The van der Waals surface area contributed by atoms with E-state index in [-0.39, 0.29) is 6.04 Å². The second-order valence-corrected chi connectivity index (χ2v) is 3.24. The zero-order valence-electron chi connectivity index (χ0n) is 8.44. The van der Waals surface area contributed by atoms with Crippen molar-refractivity contribution in [3.63, 3.8) is 0 Å². The molecule has 0 saturated carbocycles. The average Bonchev–Trinajstić information content (AvgIpc) is 2.55. The molecule has 1 heterocycles. The molecule has 1 rings (SSSR count). The van der Waals surface area contributed by atoms with E-state index in [4.69, 9.17) is 5.73 Å². The lowest BCUT2D eigenvalue weighted by Crippen LogP contribution is -2.18. The summed E-state index contributed by atoms with van der Waals surface area (Å²) < 4.78 is 1.84. The third-order valence-corrected chi connectivity index (χ3v) is 2.21. The fraction of sp³-hybridized carbons (Fsp3) is 0.875. The van der Waals surface area contributed by atoms with Gasteiger partial charge in [0.15, 0.2) is 5.82 Å². The maximum absolute atomic E-state index is 5.74. The molecule has 0 aromatic carbocycles. The van der Waals surface area contributed by atoms with Crippen LogP contribution in [0.3, 0.4) is 0 Å². The van der Waals surface area contributed by atoms with Gasteiger partial charge in [-0.2, -0.15) is 0 Å². The van der Waals surface area contributed by atoms with Crippen molar-refractivity contribution < 1.29 is 0 Å². The number of hydrogen-bond donors (Lipinski definition) is 1. The number of rotatable bonds is 4. The van der Waals surface area contributed by atoms with Gasteiger partial charge in [-0.25, -0.2) is 4.68 Å². The fourth-order valence-electron chi connectivity index (χ4n) is 1.39. The van der Waals surface area contributed by atoms with E-state index in [0.29, 0.717) is 6.04 Å². The first kappa shape index (κ1) is 10.1. The molecule has 1 unspecified atom stereocenters. The maximum Gasteiger partial charge on any atom is 0.167 e. The van der Waals surface area contributed by atoms with Gasteiger partial charge < -0.3 is 5.73 Å². The van der Waals surface area contributed by atoms with E-state index in [1.165, 1.54) is 0 Å². The monoisotopic (exact) mass is 183 g/mol. The molecule has 5 nitrogen and oxygen atoms in total. The average molecular weight is 183 g/mol. The van der Waals surface area contributed by atoms with Gasteiger partial charge in [0.2, 0.25) is 0 Å². The van der Waals surface area contributed by atoms with Crippen LogP contribution in [0.1, 0.15) is 51.5 Å². The van der Waals surface area contributed by atoms with Crippen molar-refractivity contribution in [3.05, 3.63) is 5.82 Å². The van der Waals surface area contributed by atoms with Crippen molar-refractivity contribution in [2.24, 2.45) is 5.73 Å². The minimum atomic E-state index is -0.101. The largest absolute Gasteiger partial charge is 0.322 e. The van der Waals surface area contributed by atoms with E-state index < -0.39 is 0 Å². The third kappa shape index (κ3) is 2.03. The minimum Gasteiger partial charge on any atom is -0.322 e. The highest BCUT2D eigenvalue weighted by Crippen LogP contribution is 2.17. The SMILES string of the molecule is CCC(CC)n1nnnc1C(C)N. The van der Waals surface area contributed by atoms with Gasteiger partial charge in [0.25, 0.3) is 0 Å². The Balaban J connectivity index is 2.91. The number of tetrazole rings is 1. The van der Waals surface area contributed by atoms with Crippen LogP contribution in [0.4, 0.5) is 0 Å². The molecule has 0 bridgehead atoms. The van der Waals surface area contributed by atoms with E-state index in [9.17, 15) is 0 Å². The summed E-state index contributed by atoms with van der Waals surface area (Å²) >= 11 is 0. The van der Waals surface area contributed by atoms with Crippen LogP contribution in [0.5, 0.6) is 0 Å². The molecule has 74 valence electrons. The highest BCUT2D eigenvalue weighted by molar-refractivity contribution is 4.89. The van der Waals surface area contributed by atoms with Crippen LogP contribution in [0.15, 0.2) is 0 Å². The molecule has 1 aromatic heterocycles. The van der Waals surface area contributed by atoms with Gasteiger partial charge in [-0.15, -0.1) is 5.10 Å². The summed E-state index contributed by atoms with van der Waals surface area (Å²) in [6, 6.07) is 0.270. The molecule has 0 spiro atoms. The summed E-state index contributed by atoms with van der Waals surface area (Å²) in [7, 11) is 0. The molecule has 0 fully saturated rings. The lowest BCUT2D eigenvalue weighted by atomic mass is 10.1. The Morgan fingerprint density at radius 1 is 1.38 bits per heavy atom. The van der Waals surface area contributed by atoms with Crippen molar-refractivity contribution in [3.8, 4) is 0 Å². The van der Waals surface area contributed by atoms with E-state index >= 15 is 0 Å².